The monoisotopic (exact) mass is 396 g/mol. The van der Waals surface area contributed by atoms with Crippen molar-refractivity contribution >= 4 is 28.5 Å². The van der Waals surface area contributed by atoms with E-state index in [1.165, 1.54) is 35.0 Å². The Hall–Kier alpha value is -3.55. The maximum absolute atomic E-state index is 13.1. The lowest BCUT2D eigenvalue weighted by Gasteiger charge is -2.13. The molecule has 2 aromatic heterocycles. The maximum Gasteiger partial charge on any atom is 0.261 e. The standard InChI is InChI=1S/C21H21FN4O3/c1-3-10-23-18(27)12-26-11-17(19(28)16-9-4-13(2)24-20(16)26)21(29)25-15-7-5-14(22)6-8-15/h4-9,11H,3,10,12H2,1-2H3,(H,23,27)(H,25,29). The normalized spacial score (nSPS) is 10.7. The van der Waals surface area contributed by atoms with E-state index in [1.807, 2.05) is 6.92 Å². The van der Waals surface area contributed by atoms with Gasteiger partial charge in [0.25, 0.3) is 5.91 Å². The van der Waals surface area contributed by atoms with Gasteiger partial charge < -0.3 is 15.2 Å². The van der Waals surface area contributed by atoms with E-state index < -0.39 is 17.2 Å². The molecule has 150 valence electrons. The molecule has 0 fully saturated rings. The highest BCUT2D eigenvalue weighted by Gasteiger charge is 2.18. The van der Waals surface area contributed by atoms with Crippen LogP contribution in [0.1, 0.15) is 29.4 Å². The van der Waals surface area contributed by atoms with Gasteiger partial charge in [0.1, 0.15) is 23.6 Å². The number of halogens is 1. The summed E-state index contributed by atoms with van der Waals surface area (Å²) < 4.78 is 14.6. The molecule has 3 rings (SSSR count). The van der Waals surface area contributed by atoms with Crippen LogP contribution in [0.5, 0.6) is 0 Å². The minimum atomic E-state index is -0.646. The van der Waals surface area contributed by atoms with Crippen molar-refractivity contribution in [1.29, 1.82) is 0 Å². The number of benzene rings is 1. The third kappa shape index (κ3) is 4.66. The zero-order valence-electron chi connectivity index (χ0n) is 16.2. The van der Waals surface area contributed by atoms with Gasteiger partial charge in [-0.05, 0) is 49.7 Å². The zero-order chi connectivity index (χ0) is 21.0. The van der Waals surface area contributed by atoms with E-state index in [1.54, 1.807) is 19.1 Å². The van der Waals surface area contributed by atoms with Crippen molar-refractivity contribution < 1.29 is 14.0 Å². The molecule has 0 bridgehead atoms. The van der Waals surface area contributed by atoms with Gasteiger partial charge in [0, 0.05) is 24.1 Å². The predicted molar refractivity (Wildman–Crippen MR) is 108 cm³/mol. The van der Waals surface area contributed by atoms with Gasteiger partial charge in [0.2, 0.25) is 11.3 Å². The van der Waals surface area contributed by atoms with Gasteiger partial charge in [-0.15, -0.1) is 0 Å². The Morgan fingerprint density at radius 1 is 1.14 bits per heavy atom. The Labute approximate surface area is 166 Å². The van der Waals surface area contributed by atoms with Gasteiger partial charge in [0.15, 0.2) is 0 Å². The number of nitrogens with zero attached hydrogens (tertiary/aromatic N) is 2. The molecule has 0 saturated heterocycles. The number of amides is 2. The average Bonchev–Trinajstić information content (AvgIpc) is 2.70. The van der Waals surface area contributed by atoms with E-state index in [0.717, 1.165) is 6.42 Å². The quantitative estimate of drug-likeness (QED) is 0.670. The van der Waals surface area contributed by atoms with Crippen LogP contribution >= 0.6 is 0 Å². The summed E-state index contributed by atoms with van der Waals surface area (Å²) >= 11 is 0. The first-order valence-corrected chi connectivity index (χ1v) is 9.23. The van der Waals surface area contributed by atoms with Gasteiger partial charge in [-0.3, -0.25) is 14.4 Å². The van der Waals surface area contributed by atoms with Crippen molar-refractivity contribution in [2.24, 2.45) is 0 Å². The molecule has 1 aromatic carbocycles. The molecule has 3 aromatic rings. The largest absolute Gasteiger partial charge is 0.355 e. The lowest BCUT2D eigenvalue weighted by atomic mass is 10.1. The van der Waals surface area contributed by atoms with Crippen LogP contribution in [0.2, 0.25) is 0 Å². The molecule has 0 atom stereocenters. The zero-order valence-corrected chi connectivity index (χ0v) is 16.2. The van der Waals surface area contributed by atoms with Gasteiger partial charge in [0.05, 0.1) is 5.39 Å². The van der Waals surface area contributed by atoms with Crippen molar-refractivity contribution in [2.75, 3.05) is 11.9 Å². The molecule has 0 aliphatic heterocycles. The average molecular weight is 396 g/mol. The summed E-state index contributed by atoms with van der Waals surface area (Å²) in [6.07, 6.45) is 2.13. The van der Waals surface area contributed by atoms with Gasteiger partial charge >= 0.3 is 0 Å². The second kappa shape index (κ2) is 8.64. The first kappa shape index (κ1) is 20.2. The van der Waals surface area contributed by atoms with E-state index in [2.05, 4.69) is 15.6 Å². The minimum absolute atomic E-state index is 0.0793. The van der Waals surface area contributed by atoms with Crippen molar-refractivity contribution in [1.82, 2.24) is 14.9 Å². The molecule has 2 amide bonds. The molecule has 29 heavy (non-hydrogen) atoms. The van der Waals surface area contributed by atoms with Crippen LogP contribution in [0.15, 0.2) is 47.4 Å². The number of aryl methyl sites for hydroxylation is 1. The number of nitrogens with one attached hydrogen (secondary N) is 2. The fourth-order valence-corrected chi connectivity index (χ4v) is 2.85. The molecule has 0 aliphatic carbocycles. The number of carbonyl (C=O) groups excluding carboxylic acids is 2. The molecule has 0 saturated carbocycles. The lowest BCUT2D eigenvalue weighted by molar-refractivity contribution is -0.121. The smallest absolute Gasteiger partial charge is 0.261 e. The Bertz CT molecular complexity index is 1120. The maximum atomic E-state index is 13.1. The van der Waals surface area contributed by atoms with Crippen LogP contribution in [0.4, 0.5) is 10.1 Å². The third-order valence-electron chi connectivity index (χ3n) is 4.29. The van der Waals surface area contributed by atoms with Gasteiger partial charge in [-0.2, -0.15) is 0 Å². The summed E-state index contributed by atoms with van der Waals surface area (Å²) in [5, 5.41) is 5.59. The first-order valence-electron chi connectivity index (χ1n) is 9.23. The van der Waals surface area contributed by atoms with Crippen molar-refractivity contribution in [3.05, 3.63) is 69.9 Å². The van der Waals surface area contributed by atoms with Crippen molar-refractivity contribution in [3.63, 3.8) is 0 Å². The molecule has 0 spiro atoms. The Morgan fingerprint density at radius 3 is 2.55 bits per heavy atom. The Balaban J connectivity index is 2.02. The molecule has 0 aliphatic rings. The van der Waals surface area contributed by atoms with E-state index in [9.17, 15) is 18.8 Å². The molecule has 0 radical (unpaired) electrons. The Morgan fingerprint density at radius 2 is 1.86 bits per heavy atom. The highest BCUT2D eigenvalue weighted by atomic mass is 19.1. The fraction of sp³-hybridized carbons (Fsp3) is 0.238. The van der Waals surface area contributed by atoms with Gasteiger partial charge in [-0.1, -0.05) is 6.92 Å². The number of rotatable bonds is 6. The predicted octanol–water partition coefficient (Wildman–Crippen LogP) is 2.62. The molecular formula is C21H21FN4O3. The molecule has 2 N–H and O–H groups in total. The highest BCUT2D eigenvalue weighted by molar-refractivity contribution is 6.05. The summed E-state index contributed by atoms with van der Waals surface area (Å²) in [6, 6.07) is 8.48. The summed E-state index contributed by atoms with van der Waals surface area (Å²) in [6.45, 7) is 4.17. The summed E-state index contributed by atoms with van der Waals surface area (Å²) in [4.78, 5) is 42.2. The number of anilines is 1. The molecule has 8 heteroatoms. The van der Waals surface area contributed by atoms with Crippen LogP contribution < -0.4 is 16.1 Å². The highest BCUT2D eigenvalue weighted by Crippen LogP contribution is 2.13. The van der Waals surface area contributed by atoms with Crippen LogP contribution in [-0.4, -0.2) is 27.9 Å². The third-order valence-corrected chi connectivity index (χ3v) is 4.29. The number of pyridine rings is 2. The van der Waals surface area contributed by atoms with Crippen molar-refractivity contribution in [3.8, 4) is 0 Å². The van der Waals surface area contributed by atoms with Crippen LogP contribution in [-0.2, 0) is 11.3 Å². The Kier molecular flexibility index (Phi) is 6.01. The first-order chi connectivity index (χ1) is 13.9. The number of hydrogen-bond donors (Lipinski definition) is 2. The minimum Gasteiger partial charge on any atom is -0.355 e. The second-order valence-corrected chi connectivity index (χ2v) is 6.63. The summed E-state index contributed by atoms with van der Waals surface area (Å²) in [5.41, 5.74) is 0.751. The molecule has 0 unspecified atom stereocenters. The number of carbonyl (C=O) groups is 2. The van der Waals surface area contributed by atoms with E-state index in [0.29, 0.717) is 23.6 Å². The molecule has 2 heterocycles. The lowest BCUT2D eigenvalue weighted by Crippen LogP contribution is -2.30. The topological polar surface area (TPSA) is 93.1 Å². The van der Waals surface area contributed by atoms with E-state index >= 15 is 0 Å². The molecular weight excluding hydrogens is 375 g/mol. The van der Waals surface area contributed by atoms with Crippen LogP contribution in [0.3, 0.4) is 0 Å². The summed E-state index contributed by atoms with van der Waals surface area (Å²) in [7, 11) is 0. The number of fused-ring (bicyclic) bond motifs is 1. The SMILES string of the molecule is CCCNC(=O)Cn1cc(C(=O)Nc2ccc(F)cc2)c(=O)c2ccc(C)nc21. The van der Waals surface area contributed by atoms with Crippen LogP contribution in [0.25, 0.3) is 11.0 Å². The molecule has 7 nitrogen and oxygen atoms in total. The fourth-order valence-electron chi connectivity index (χ4n) is 2.85. The van der Waals surface area contributed by atoms with Crippen molar-refractivity contribution in [2.45, 2.75) is 26.8 Å². The number of aromatic nitrogens is 2. The van der Waals surface area contributed by atoms with Crippen LogP contribution in [0, 0.1) is 12.7 Å². The van der Waals surface area contributed by atoms with E-state index in [4.69, 9.17) is 0 Å². The van der Waals surface area contributed by atoms with Gasteiger partial charge in [-0.25, -0.2) is 9.37 Å². The number of hydrogen-bond acceptors (Lipinski definition) is 4. The second-order valence-electron chi connectivity index (χ2n) is 6.63. The van der Waals surface area contributed by atoms with E-state index in [-0.39, 0.29) is 23.4 Å². The summed E-state index contributed by atoms with van der Waals surface area (Å²) in [5.74, 6) is -1.33.